The van der Waals surface area contributed by atoms with E-state index in [1.807, 2.05) is 36.4 Å². The summed E-state index contributed by atoms with van der Waals surface area (Å²) in [5.74, 6) is -1.04. The molecule has 0 unspecified atom stereocenters. The highest BCUT2D eigenvalue weighted by molar-refractivity contribution is 5.66. The number of hydrogen-bond acceptors (Lipinski definition) is 4. The average Bonchev–Trinajstić information content (AvgIpc) is 3.60. The Morgan fingerprint density at radius 2 is 1.77 bits per heavy atom. The van der Waals surface area contributed by atoms with Crippen LogP contribution in [0.3, 0.4) is 0 Å². The molecule has 30 heavy (non-hydrogen) atoms. The number of nitrogens with one attached hydrogen (secondary N) is 1. The van der Waals surface area contributed by atoms with Gasteiger partial charge in [0.1, 0.15) is 5.82 Å². The second-order valence-electron chi connectivity index (χ2n) is 8.44. The van der Waals surface area contributed by atoms with E-state index in [-0.39, 0.29) is 17.7 Å². The van der Waals surface area contributed by atoms with Gasteiger partial charge in [-0.15, -0.1) is 0 Å². The SMILES string of the molecule is O=C(O)CCN1CCC(CNC2CC2)(Cc2ccc(F)cn2)CC1.c1ccccc1. The first-order valence-corrected chi connectivity index (χ1v) is 10.8. The predicted octanol–water partition coefficient (Wildman–Crippen LogP) is 3.76. The molecule has 2 fully saturated rings. The van der Waals surface area contributed by atoms with E-state index in [9.17, 15) is 9.18 Å². The van der Waals surface area contributed by atoms with Crippen LogP contribution in [0.5, 0.6) is 0 Å². The number of aromatic nitrogens is 1. The minimum Gasteiger partial charge on any atom is -0.481 e. The zero-order valence-electron chi connectivity index (χ0n) is 17.5. The molecule has 2 heterocycles. The first kappa shape index (κ1) is 22.4. The Kier molecular flexibility index (Phi) is 8.34. The molecule has 6 heteroatoms. The van der Waals surface area contributed by atoms with Crippen LogP contribution in [-0.2, 0) is 11.2 Å². The lowest BCUT2D eigenvalue weighted by Crippen LogP contribution is -2.47. The van der Waals surface area contributed by atoms with Crippen molar-refractivity contribution < 1.29 is 14.3 Å². The van der Waals surface area contributed by atoms with Gasteiger partial charge in [0.25, 0.3) is 0 Å². The fourth-order valence-corrected chi connectivity index (χ4v) is 3.85. The molecule has 2 N–H and O–H groups in total. The van der Waals surface area contributed by atoms with Crippen LogP contribution in [-0.4, -0.2) is 53.2 Å². The molecule has 0 bridgehead atoms. The van der Waals surface area contributed by atoms with Crippen LogP contribution in [0.15, 0.2) is 54.7 Å². The van der Waals surface area contributed by atoms with Crippen molar-refractivity contribution in [1.82, 2.24) is 15.2 Å². The summed E-state index contributed by atoms with van der Waals surface area (Å²) in [5.41, 5.74) is 1.07. The van der Waals surface area contributed by atoms with E-state index in [0.717, 1.165) is 44.6 Å². The van der Waals surface area contributed by atoms with Crippen LogP contribution in [0.1, 0.15) is 37.8 Å². The van der Waals surface area contributed by atoms with E-state index in [0.29, 0.717) is 12.6 Å². The van der Waals surface area contributed by atoms with Gasteiger partial charge in [-0.3, -0.25) is 9.78 Å². The predicted molar refractivity (Wildman–Crippen MR) is 116 cm³/mol. The van der Waals surface area contributed by atoms with Gasteiger partial charge in [-0.25, -0.2) is 4.39 Å². The standard InChI is InChI=1S/C18H26FN3O2.C6H6/c19-14-1-2-16(20-12-14)11-18(13-21-15-3-4-15)6-9-22(10-7-18)8-5-17(23)24;1-2-4-6-5-3-1/h1-2,12,15,21H,3-11,13H2,(H,23,24);1-6H. The van der Waals surface area contributed by atoms with Crippen LogP contribution in [0.25, 0.3) is 0 Å². The summed E-state index contributed by atoms with van der Waals surface area (Å²) in [5, 5.41) is 12.5. The molecule has 1 saturated heterocycles. The summed E-state index contributed by atoms with van der Waals surface area (Å²) in [6, 6.07) is 15.9. The minimum absolute atomic E-state index is 0.132. The van der Waals surface area contributed by atoms with Gasteiger partial charge in [0.05, 0.1) is 12.6 Å². The zero-order valence-corrected chi connectivity index (χ0v) is 17.5. The maximum absolute atomic E-state index is 13.1. The molecule has 1 aliphatic carbocycles. The third-order valence-corrected chi connectivity index (χ3v) is 5.91. The van der Waals surface area contributed by atoms with E-state index in [2.05, 4.69) is 15.2 Å². The number of carbonyl (C=O) groups is 1. The maximum atomic E-state index is 13.1. The molecule has 1 saturated carbocycles. The van der Waals surface area contributed by atoms with Crippen molar-refractivity contribution in [3.63, 3.8) is 0 Å². The quantitative estimate of drug-likeness (QED) is 0.690. The second-order valence-corrected chi connectivity index (χ2v) is 8.44. The zero-order chi connectivity index (χ0) is 21.2. The summed E-state index contributed by atoms with van der Waals surface area (Å²) >= 11 is 0. The Bertz CT molecular complexity index is 731. The van der Waals surface area contributed by atoms with Crippen LogP contribution < -0.4 is 5.32 Å². The largest absolute Gasteiger partial charge is 0.481 e. The molecule has 0 atom stereocenters. The van der Waals surface area contributed by atoms with Gasteiger partial charge in [-0.2, -0.15) is 0 Å². The fraction of sp³-hybridized carbons (Fsp3) is 0.500. The van der Waals surface area contributed by atoms with E-state index < -0.39 is 5.97 Å². The lowest BCUT2D eigenvalue weighted by Gasteiger charge is -2.42. The number of carboxylic acids is 1. The summed E-state index contributed by atoms with van der Waals surface area (Å²) < 4.78 is 13.1. The fourth-order valence-electron chi connectivity index (χ4n) is 3.85. The van der Waals surface area contributed by atoms with E-state index >= 15 is 0 Å². The third-order valence-electron chi connectivity index (χ3n) is 5.91. The van der Waals surface area contributed by atoms with Gasteiger partial charge in [-0.1, -0.05) is 36.4 Å². The molecule has 2 aliphatic rings. The van der Waals surface area contributed by atoms with Crippen molar-refractivity contribution in [2.75, 3.05) is 26.2 Å². The van der Waals surface area contributed by atoms with Gasteiger partial charge in [-0.05, 0) is 62.7 Å². The van der Waals surface area contributed by atoms with Crippen molar-refractivity contribution in [3.05, 3.63) is 66.2 Å². The van der Waals surface area contributed by atoms with Crippen LogP contribution >= 0.6 is 0 Å². The number of hydrogen-bond donors (Lipinski definition) is 2. The number of halogens is 1. The lowest BCUT2D eigenvalue weighted by molar-refractivity contribution is -0.137. The van der Waals surface area contributed by atoms with E-state index in [1.54, 1.807) is 6.07 Å². The first-order valence-electron chi connectivity index (χ1n) is 10.8. The van der Waals surface area contributed by atoms with E-state index in [4.69, 9.17) is 5.11 Å². The third kappa shape index (κ3) is 7.84. The number of likely N-dealkylation sites (tertiary alicyclic amines) is 1. The Labute approximate surface area is 178 Å². The van der Waals surface area contributed by atoms with Crippen molar-refractivity contribution >= 4 is 5.97 Å². The van der Waals surface area contributed by atoms with Crippen molar-refractivity contribution in [1.29, 1.82) is 0 Å². The molecule has 0 spiro atoms. The maximum Gasteiger partial charge on any atom is 0.304 e. The van der Waals surface area contributed by atoms with Crippen molar-refractivity contribution in [2.24, 2.45) is 5.41 Å². The molecule has 162 valence electrons. The summed E-state index contributed by atoms with van der Waals surface area (Å²) in [4.78, 5) is 17.2. The number of rotatable bonds is 8. The molecular formula is C24H32FN3O2. The molecule has 4 rings (SSSR count). The van der Waals surface area contributed by atoms with Gasteiger partial charge >= 0.3 is 5.97 Å². The molecule has 0 amide bonds. The highest BCUT2D eigenvalue weighted by Crippen LogP contribution is 2.35. The number of aliphatic carboxylic acids is 1. The number of benzene rings is 1. The smallest absolute Gasteiger partial charge is 0.304 e. The Morgan fingerprint density at radius 1 is 1.13 bits per heavy atom. The number of piperidine rings is 1. The van der Waals surface area contributed by atoms with Gasteiger partial charge in [0.2, 0.25) is 0 Å². The molecule has 0 radical (unpaired) electrons. The minimum atomic E-state index is -0.738. The highest BCUT2D eigenvalue weighted by Gasteiger charge is 2.36. The summed E-state index contributed by atoms with van der Waals surface area (Å²) in [6.45, 7) is 3.42. The molecule has 5 nitrogen and oxygen atoms in total. The molecule has 1 aliphatic heterocycles. The number of nitrogens with zero attached hydrogens (tertiary/aromatic N) is 2. The van der Waals surface area contributed by atoms with Gasteiger partial charge in [0, 0.05) is 24.8 Å². The van der Waals surface area contributed by atoms with Crippen molar-refractivity contribution in [2.45, 2.75) is 44.6 Å². The van der Waals surface area contributed by atoms with E-state index in [1.165, 1.54) is 25.1 Å². The first-order chi connectivity index (χ1) is 14.5. The van der Waals surface area contributed by atoms with Crippen LogP contribution in [0.2, 0.25) is 0 Å². The number of carboxylic acid groups (broad SMARTS) is 1. The molecule has 1 aromatic carbocycles. The van der Waals surface area contributed by atoms with Gasteiger partial charge < -0.3 is 15.3 Å². The lowest BCUT2D eigenvalue weighted by atomic mass is 9.74. The molecular weight excluding hydrogens is 381 g/mol. The Balaban J connectivity index is 0.000000367. The van der Waals surface area contributed by atoms with Crippen molar-refractivity contribution in [3.8, 4) is 0 Å². The van der Waals surface area contributed by atoms with Crippen LogP contribution in [0, 0.1) is 11.2 Å². The highest BCUT2D eigenvalue weighted by atomic mass is 19.1. The van der Waals surface area contributed by atoms with Gasteiger partial charge in [0.15, 0.2) is 0 Å². The number of pyridine rings is 1. The monoisotopic (exact) mass is 413 g/mol. The van der Waals surface area contributed by atoms with Crippen LogP contribution in [0.4, 0.5) is 4.39 Å². The topological polar surface area (TPSA) is 65.5 Å². The summed E-state index contributed by atoms with van der Waals surface area (Å²) in [6.07, 6.45) is 6.90. The Hall–Kier alpha value is -2.31. The molecule has 1 aromatic heterocycles. The average molecular weight is 414 g/mol. The molecule has 2 aromatic rings. The Morgan fingerprint density at radius 3 is 2.27 bits per heavy atom. The normalized spacial score (nSPS) is 18.3. The second kappa shape index (κ2) is 11.2. The summed E-state index contributed by atoms with van der Waals surface area (Å²) in [7, 11) is 0.